The number of nitrogens with zero attached hydrogens (tertiary/aromatic N) is 5. The third kappa shape index (κ3) is 1.39. The Morgan fingerprint density at radius 1 is 1.50 bits per heavy atom. The van der Waals surface area contributed by atoms with Gasteiger partial charge in [-0.2, -0.15) is 0 Å². The van der Waals surface area contributed by atoms with E-state index in [-0.39, 0.29) is 5.82 Å². The van der Waals surface area contributed by atoms with Gasteiger partial charge in [0.15, 0.2) is 0 Å². The minimum atomic E-state index is -0.652. The van der Waals surface area contributed by atoms with Crippen molar-refractivity contribution in [3.8, 4) is 0 Å². The second-order valence-electron chi connectivity index (χ2n) is 3.38. The van der Waals surface area contributed by atoms with Crippen molar-refractivity contribution in [3.63, 3.8) is 0 Å². The van der Waals surface area contributed by atoms with E-state index in [1.54, 1.807) is 20.8 Å². The van der Waals surface area contributed by atoms with E-state index in [2.05, 4.69) is 15.5 Å². The fourth-order valence-electron chi connectivity index (χ4n) is 0.743. The van der Waals surface area contributed by atoms with Crippen LogP contribution in [0.3, 0.4) is 0 Å². The molecule has 7 nitrogen and oxygen atoms in total. The first-order valence-electron chi connectivity index (χ1n) is 3.36. The average molecular weight is 171 g/mol. The summed E-state index contributed by atoms with van der Waals surface area (Å²) in [7, 11) is 0. The number of hydrogen-bond acceptors (Lipinski definition) is 5. The Kier molecular flexibility index (Phi) is 1.79. The van der Waals surface area contributed by atoms with Crippen LogP contribution in [-0.4, -0.2) is 25.3 Å². The number of nitro groups is 1. The fourth-order valence-corrected chi connectivity index (χ4v) is 0.743. The molecule has 7 heteroatoms. The smallest absolute Gasteiger partial charge is 0.231 e. The molecule has 0 N–H and O–H groups in total. The predicted molar refractivity (Wildman–Crippen MR) is 38.9 cm³/mol. The van der Waals surface area contributed by atoms with Gasteiger partial charge >= 0.3 is 0 Å². The summed E-state index contributed by atoms with van der Waals surface area (Å²) in [5.74, 6) is 0.243. The number of tetrazole rings is 1. The van der Waals surface area contributed by atoms with E-state index in [4.69, 9.17) is 0 Å². The molecule has 0 radical (unpaired) electrons. The van der Waals surface area contributed by atoms with Gasteiger partial charge in [-0.25, -0.2) is 0 Å². The molecule has 0 saturated heterocycles. The third-order valence-corrected chi connectivity index (χ3v) is 1.28. The zero-order chi connectivity index (χ0) is 9.35. The topological polar surface area (TPSA) is 86.7 Å². The van der Waals surface area contributed by atoms with E-state index < -0.39 is 10.4 Å². The van der Waals surface area contributed by atoms with Gasteiger partial charge in [0.1, 0.15) is 5.21 Å². The first-order valence-corrected chi connectivity index (χ1v) is 3.36. The summed E-state index contributed by atoms with van der Waals surface area (Å²) in [6, 6.07) is 0. The van der Waals surface area contributed by atoms with E-state index in [1.165, 1.54) is 0 Å². The second-order valence-corrected chi connectivity index (χ2v) is 3.38. The van der Waals surface area contributed by atoms with Crippen LogP contribution in [0.5, 0.6) is 0 Å². The Bertz CT molecular complexity index is 299. The van der Waals surface area contributed by atoms with Crippen molar-refractivity contribution in [3.05, 3.63) is 15.9 Å². The van der Waals surface area contributed by atoms with E-state index in [0.717, 1.165) is 0 Å². The van der Waals surface area contributed by atoms with Gasteiger partial charge in [0.25, 0.3) is 0 Å². The Morgan fingerprint density at radius 3 is 2.42 bits per heavy atom. The summed E-state index contributed by atoms with van der Waals surface area (Å²) in [6.45, 7) is 5.41. The van der Waals surface area contributed by atoms with Crippen molar-refractivity contribution in [2.75, 3.05) is 0 Å². The number of rotatable bonds is 1. The molecule has 0 amide bonds. The highest BCUT2D eigenvalue weighted by Gasteiger charge is 2.27. The Balaban J connectivity index is 3.17. The van der Waals surface area contributed by atoms with E-state index in [9.17, 15) is 10.1 Å². The molecule has 0 atom stereocenters. The van der Waals surface area contributed by atoms with Crippen LogP contribution < -0.4 is 0 Å². The highest BCUT2D eigenvalue weighted by molar-refractivity contribution is 4.96. The molecule has 0 bridgehead atoms. The number of hydrogen-bond donors (Lipinski definition) is 0. The molecule has 1 heterocycles. The molecular formula is C5H9N5O2. The maximum absolute atomic E-state index is 10.4. The van der Waals surface area contributed by atoms with Gasteiger partial charge < -0.3 is 10.1 Å². The highest BCUT2D eigenvalue weighted by Crippen LogP contribution is 2.17. The summed E-state index contributed by atoms with van der Waals surface area (Å²) in [4.78, 5) is 10.9. The maximum atomic E-state index is 10.4. The normalized spacial score (nSPS) is 11.6. The molecule has 1 aromatic heterocycles. The molecule has 1 rings (SSSR count). The quantitative estimate of drug-likeness (QED) is 0.438. The molecule has 0 aliphatic rings. The van der Waals surface area contributed by atoms with Crippen molar-refractivity contribution >= 4 is 0 Å². The van der Waals surface area contributed by atoms with Crippen molar-refractivity contribution in [2.24, 2.45) is 0 Å². The first kappa shape index (κ1) is 8.57. The summed E-state index contributed by atoms with van der Waals surface area (Å²) >= 11 is 0. The predicted octanol–water partition coefficient (Wildman–Crippen LogP) is 0.0104. The zero-order valence-corrected chi connectivity index (χ0v) is 7.05. The van der Waals surface area contributed by atoms with Gasteiger partial charge in [0.2, 0.25) is 11.0 Å². The summed E-state index contributed by atoms with van der Waals surface area (Å²) in [5, 5.41) is 19.7. The molecule has 0 aliphatic carbocycles. The van der Waals surface area contributed by atoms with Crippen LogP contribution in [0.1, 0.15) is 26.6 Å². The van der Waals surface area contributed by atoms with Gasteiger partial charge in [-0.05, 0) is 0 Å². The summed E-state index contributed by atoms with van der Waals surface area (Å²) < 4.78 is 0. The maximum Gasteiger partial charge on any atom is 0.231 e. The lowest BCUT2D eigenvalue weighted by Crippen LogP contribution is -2.23. The van der Waals surface area contributed by atoms with E-state index in [1.807, 2.05) is 0 Å². The minimum absolute atomic E-state index is 0.243. The molecular weight excluding hydrogens is 162 g/mol. The fraction of sp³-hybridized carbons (Fsp3) is 0.800. The largest absolute Gasteiger partial charge is 0.339 e. The molecule has 12 heavy (non-hydrogen) atoms. The van der Waals surface area contributed by atoms with Crippen LogP contribution >= 0.6 is 0 Å². The van der Waals surface area contributed by atoms with Gasteiger partial charge in [-0.1, -0.05) is 25.9 Å². The first-order chi connectivity index (χ1) is 5.43. The summed E-state index contributed by atoms with van der Waals surface area (Å²) in [5.41, 5.74) is -0.420. The minimum Gasteiger partial charge on any atom is -0.339 e. The Labute approximate surface area is 68.5 Å². The second kappa shape index (κ2) is 2.50. The van der Waals surface area contributed by atoms with Crippen molar-refractivity contribution in [2.45, 2.75) is 26.2 Å². The van der Waals surface area contributed by atoms with Crippen molar-refractivity contribution in [1.29, 1.82) is 0 Å². The molecule has 0 spiro atoms. The zero-order valence-electron chi connectivity index (χ0n) is 7.05. The van der Waals surface area contributed by atoms with E-state index in [0.29, 0.717) is 4.79 Å². The molecule has 0 fully saturated rings. The van der Waals surface area contributed by atoms with Crippen molar-refractivity contribution in [1.82, 2.24) is 20.3 Å². The van der Waals surface area contributed by atoms with Gasteiger partial charge in [0, 0.05) is 5.41 Å². The molecule has 0 aromatic carbocycles. The van der Waals surface area contributed by atoms with Crippen LogP contribution in [0.4, 0.5) is 0 Å². The van der Waals surface area contributed by atoms with Crippen LogP contribution in [0.25, 0.3) is 0 Å². The standard InChI is InChI=1S/C5H9N5O2/c1-5(2,3)4-6-7-8-9(4)10(11)12/h1-3H3. The lowest BCUT2D eigenvalue weighted by atomic mass is 9.96. The molecule has 0 unspecified atom stereocenters. The third-order valence-electron chi connectivity index (χ3n) is 1.28. The van der Waals surface area contributed by atoms with Crippen LogP contribution in [0, 0.1) is 10.1 Å². The lowest BCUT2D eigenvalue weighted by molar-refractivity contribution is -0.556. The SMILES string of the molecule is CC(C)(C)c1nnnn1[N+](=O)[O-]. The average Bonchev–Trinajstić information content (AvgIpc) is 2.30. The van der Waals surface area contributed by atoms with Crippen LogP contribution in [0.15, 0.2) is 0 Å². The van der Waals surface area contributed by atoms with Crippen molar-refractivity contribution < 1.29 is 5.03 Å². The molecule has 0 saturated carbocycles. The monoisotopic (exact) mass is 171 g/mol. The molecule has 66 valence electrons. The van der Waals surface area contributed by atoms with Gasteiger partial charge in [-0.3, -0.25) is 0 Å². The van der Waals surface area contributed by atoms with Gasteiger partial charge in [-0.15, -0.1) is 0 Å². The molecule has 0 aliphatic heterocycles. The lowest BCUT2D eigenvalue weighted by Gasteiger charge is -2.12. The Hall–Kier alpha value is -1.53. The van der Waals surface area contributed by atoms with Crippen LogP contribution in [0.2, 0.25) is 0 Å². The summed E-state index contributed by atoms with van der Waals surface area (Å²) in [6.07, 6.45) is 0. The Morgan fingerprint density at radius 2 is 2.08 bits per heavy atom. The highest BCUT2D eigenvalue weighted by atomic mass is 16.7. The number of aromatic nitrogens is 4. The molecule has 1 aromatic rings. The van der Waals surface area contributed by atoms with Gasteiger partial charge in [0.05, 0.1) is 9.82 Å². The van der Waals surface area contributed by atoms with Crippen LogP contribution in [-0.2, 0) is 5.41 Å². The van der Waals surface area contributed by atoms with E-state index >= 15 is 0 Å².